The van der Waals surface area contributed by atoms with Crippen LogP contribution < -0.4 is 16.0 Å². The standard InChI is InChI=1S/C18H19F3N6O4/c1-9-14(15(16(22)28)25-24-9)23-17(29)10-4-6-26(7-5-10)12-3-2-11(18(19,20)21)8-13(12)27(30)31/h2-3,8,10H,4-7H2,1H3,(H2,22,28)(H,23,29)(H,24,25). The molecule has 1 fully saturated rings. The van der Waals surface area contributed by atoms with E-state index in [0.717, 1.165) is 12.1 Å². The number of amides is 2. The largest absolute Gasteiger partial charge is 0.416 e. The maximum Gasteiger partial charge on any atom is 0.416 e. The normalized spacial score (nSPS) is 15.0. The minimum absolute atomic E-state index is 0.0681. The molecule has 10 nitrogen and oxygen atoms in total. The molecule has 166 valence electrons. The van der Waals surface area contributed by atoms with Gasteiger partial charge in [-0.05, 0) is 31.9 Å². The number of nitro groups is 1. The number of rotatable bonds is 5. The van der Waals surface area contributed by atoms with Crippen LogP contribution in [0.3, 0.4) is 0 Å². The molecular weight excluding hydrogens is 421 g/mol. The molecule has 1 saturated heterocycles. The van der Waals surface area contributed by atoms with Crippen LogP contribution in [0.4, 0.5) is 30.2 Å². The van der Waals surface area contributed by atoms with Gasteiger partial charge < -0.3 is 16.0 Å². The van der Waals surface area contributed by atoms with Gasteiger partial charge in [0.2, 0.25) is 5.91 Å². The van der Waals surface area contributed by atoms with E-state index < -0.39 is 34.2 Å². The zero-order valence-electron chi connectivity index (χ0n) is 16.3. The highest BCUT2D eigenvalue weighted by Gasteiger charge is 2.35. The molecule has 1 aromatic carbocycles. The number of nitro benzene ring substituents is 1. The summed E-state index contributed by atoms with van der Waals surface area (Å²) >= 11 is 0. The van der Waals surface area contributed by atoms with Crippen LogP contribution in [0.5, 0.6) is 0 Å². The number of piperidine rings is 1. The zero-order valence-corrected chi connectivity index (χ0v) is 16.3. The molecule has 31 heavy (non-hydrogen) atoms. The van der Waals surface area contributed by atoms with Gasteiger partial charge in [0.1, 0.15) is 5.69 Å². The van der Waals surface area contributed by atoms with E-state index in [1.807, 2.05) is 0 Å². The number of anilines is 2. The third-order valence-corrected chi connectivity index (χ3v) is 5.13. The van der Waals surface area contributed by atoms with Crippen molar-refractivity contribution < 1.29 is 27.7 Å². The Morgan fingerprint density at radius 3 is 2.52 bits per heavy atom. The van der Waals surface area contributed by atoms with E-state index >= 15 is 0 Å². The molecule has 2 amide bonds. The van der Waals surface area contributed by atoms with Crippen LogP contribution in [-0.2, 0) is 11.0 Å². The molecular formula is C18H19F3N6O4. The highest BCUT2D eigenvalue weighted by Crippen LogP contribution is 2.37. The topological polar surface area (TPSA) is 147 Å². The molecule has 0 saturated carbocycles. The van der Waals surface area contributed by atoms with Gasteiger partial charge in [0.15, 0.2) is 5.69 Å². The Kier molecular flexibility index (Phi) is 5.86. The average Bonchev–Trinajstić information content (AvgIpc) is 3.07. The van der Waals surface area contributed by atoms with Crippen molar-refractivity contribution in [2.75, 3.05) is 23.3 Å². The van der Waals surface area contributed by atoms with Crippen molar-refractivity contribution >= 4 is 28.9 Å². The van der Waals surface area contributed by atoms with Crippen molar-refractivity contribution in [1.82, 2.24) is 10.2 Å². The molecule has 0 spiro atoms. The van der Waals surface area contributed by atoms with Gasteiger partial charge in [0, 0.05) is 25.1 Å². The van der Waals surface area contributed by atoms with E-state index in [0.29, 0.717) is 24.6 Å². The number of nitrogens with one attached hydrogen (secondary N) is 2. The lowest BCUT2D eigenvalue weighted by atomic mass is 9.95. The summed E-state index contributed by atoms with van der Waals surface area (Å²) < 4.78 is 38.7. The van der Waals surface area contributed by atoms with Crippen LogP contribution in [0.2, 0.25) is 0 Å². The lowest BCUT2D eigenvalue weighted by molar-refractivity contribution is -0.384. The predicted molar refractivity (Wildman–Crippen MR) is 104 cm³/mol. The van der Waals surface area contributed by atoms with Gasteiger partial charge in [0.05, 0.1) is 21.9 Å². The Hall–Kier alpha value is -3.64. The first-order valence-electron chi connectivity index (χ1n) is 9.25. The number of halogens is 3. The van der Waals surface area contributed by atoms with E-state index in [2.05, 4.69) is 15.5 Å². The smallest absolute Gasteiger partial charge is 0.366 e. The number of benzene rings is 1. The van der Waals surface area contributed by atoms with Crippen LogP contribution in [0, 0.1) is 23.0 Å². The third kappa shape index (κ3) is 4.59. The molecule has 3 rings (SSSR count). The van der Waals surface area contributed by atoms with Crippen LogP contribution >= 0.6 is 0 Å². The maximum absolute atomic E-state index is 12.9. The van der Waals surface area contributed by atoms with E-state index in [9.17, 15) is 32.9 Å². The molecule has 0 unspecified atom stereocenters. The highest BCUT2D eigenvalue weighted by atomic mass is 19.4. The number of hydrogen-bond donors (Lipinski definition) is 3. The molecule has 1 aliphatic rings. The lowest BCUT2D eigenvalue weighted by Crippen LogP contribution is -2.38. The van der Waals surface area contributed by atoms with E-state index in [1.165, 1.54) is 0 Å². The molecule has 4 N–H and O–H groups in total. The summed E-state index contributed by atoms with van der Waals surface area (Å²) in [6.45, 7) is 2.08. The van der Waals surface area contributed by atoms with Crippen molar-refractivity contribution in [1.29, 1.82) is 0 Å². The minimum atomic E-state index is -4.69. The average molecular weight is 440 g/mol. The number of carbonyl (C=O) groups is 2. The first-order valence-corrected chi connectivity index (χ1v) is 9.25. The van der Waals surface area contributed by atoms with Crippen LogP contribution in [0.15, 0.2) is 18.2 Å². The number of aromatic nitrogens is 2. The van der Waals surface area contributed by atoms with Gasteiger partial charge in [-0.3, -0.25) is 24.8 Å². The van der Waals surface area contributed by atoms with Gasteiger partial charge in [-0.15, -0.1) is 0 Å². The van der Waals surface area contributed by atoms with Crippen LogP contribution in [0.25, 0.3) is 0 Å². The van der Waals surface area contributed by atoms with E-state index in [1.54, 1.807) is 11.8 Å². The fourth-order valence-corrected chi connectivity index (χ4v) is 3.48. The van der Waals surface area contributed by atoms with Crippen molar-refractivity contribution in [2.45, 2.75) is 25.9 Å². The second kappa shape index (κ2) is 8.24. The number of nitrogens with zero attached hydrogens (tertiary/aromatic N) is 3. The highest BCUT2D eigenvalue weighted by molar-refractivity contribution is 6.02. The SMILES string of the molecule is Cc1[nH]nc(C(N)=O)c1NC(=O)C1CCN(c2ccc(C(F)(F)F)cc2[N+](=O)[O-])CC1. The van der Waals surface area contributed by atoms with Gasteiger partial charge in [-0.25, -0.2) is 0 Å². The number of aromatic amines is 1. The molecule has 0 bridgehead atoms. The summed E-state index contributed by atoms with van der Waals surface area (Å²) in [5.74, 6) is -1.63. The summed E-state index contributed by atoms with van der Waals surface area (Å²) in [5, 5.41) is 20.3. The summed E-state index contributed by atoms with van der Waals surface area (Å²) in [6.07, 6.45) is -4.07. The molecule has 0 aliphatic carbocycles. The Morgan fingerprint density at radius 1 is 1.32 bits per heavy atom. The molecule has 1 aliphatic heterocycles. The molecule has 2 heterocycles. The monoisotopic (exact) mass is 440 g/mol. The summed E-state index contributed by atoms with van der Waals surface area (Å²) in [7, 11) is 0. The van der Waals surface area contributed by atoms with E-state index in [-0.39, 0.29) is 36.1 Å². The summed E-state index contributed by atoms with van der Waals surface area (Å²) in [5.41, 5.74) is 4.12. The lowest BCUT2D eigenvalue weighted by Gasteiger charge is -2.32. The number of aryl methyl sites for hydroxylation is 1. The fourth-order valence-electron chi connectivity index (χ4n) is 3.48. The first-order chi connectivity index (χ1) is 14.5. The van der Waals surface area contributed by atoms with Crippen LogP contribution in [-0.4, -0.2) is 40.0 Å². The molecule has 0 atom stereocenters. The molecule has 13 heteroatoms. The van der Waals surface area contributed by atoms with Crippen molar-refractivity contribution in [3.05, 3.63) is 45.3 Å². The van der Waals surface area contributed by atoms with Gasteiger partial charge in [-0.1, -0.05) is 0 Å². The van der Waals surface area contributed by atoms with Crippen molar-refractivity contribution in [3.63, 3.8) is 0 Å². The second-order valence-corrected chi connectivity index (χ2v) is 7.15. The Bertz CT molecular complexity index is 1030. The fraction of sp³-hybridized carbons (Fsp3) is 0.389. The second-order valence-electron chi connectivity index (χ2n) is 7.15. The number of alkyl halides is 3. The number of primary amides is 1. The number of carbonyl (C=O) groups excluding carboxylic acids is 2. The Labute approximate surface area is 173 Å². The van der Waals surface area contributed by atoms with Crippen molar-refractivity contribution in [3.8, 4) is 0 Å². The van der Waals surface area contributed by atoms with E-state index in [4.69, 9.17) is 5.73 Å². The third-order valence-electron chi connectivity index (χ3n) is 5.13. The van der Waals surface area contributed by atoms with Crippen molar-refractivity contribution in [2.24, 2.45) is 11.7 Å². The van der Waals surface area contributed by atoms with Gasteiger partial charge >= 0.3 is 6.18 Å². The van der Waals surface area contributed by atoms with Gasteiger partial charge in [0.25, 0.3) is 11.6 Å². The quantitative estimate of drug-likeness (QED) is 0.481. The minimum Gasteiger partial charge on any atom is -0.366 e. The Morgan fingerprint density at radius 2 is 1.97 bits per heavy atom. The summed E-state index contributed by atoms with van der Waals surface area (Å²) in [4.78, 5) is 36.1. The molecule has 2 aromatic rings. The number of H-pyrrole nitrogens is 1. The Balaban J connectivity index is 1.71. The van der Waals surface area contributed by atoms with Crippen LogP contribution in [0.1, 0.15) is 34.6 Å². The predicted octanol–water partition coefficient (Wildman–Crippen LogP) is 2.60. The first kappa shape index (κ1) is 22.1. The number of nitrogens with two attached hydrogens (primary N) is 1. The zero-order chi connectivity index (χ0) is 22.9. The molecule has 1 aromatic heterocycles. The molecule has 0 radical (unpaired) electrons. The number of hydrogen-bond acceptors (Lipinski definition) is 6. The van der Waals surface area contributed by atoms with Gasteiger partial charge in [-0.2, -0.15) is 18.3 Å². The summed E-state index contributed by atoms with van der Waals surface area (Å²) in [6, 6.07) is 2.39. The maximum atomic E-state index is 12.9.